The SMILES string of the molecule is O=C(c1ccc(N2CCCCS2(=O)=O)cc1Cl)N1CCC2(CC1)OCCO2. The van der Waals surface area contributed by atoms with Gasteiger partial charge >= 0.3 is 0 Å². The minimum absolute atomic E-state index is 0.144. The molecule has 1 aromatic carbocycles. The van der Waals surface area contributed by atoms with Crippen molar-refractivity contribution < 1.29 is 22.7 Å². The van der Waals surface area contributed by atoms with Crippen molar-refractivity contribution in [3.8, 4) is 0 Å². The number of anilines is 1. The van der Waals surface area contributed by atoms with Crippen molar-refractivity contribution in [2.24, 2.45) is 0 Å². The molecule has 27 heavy (non-hydrogen) atoms. The maximum Gasteiger partial charge on any atom is 0.255 e. The smallest absolute Gasteiger partial charge is 0.255 e. The van der Waals surface area contributed by atoms with E-state index in [2.05, 4.69) is 0 Å². The van der Waals surface area contributed by atoms with Crippen LogP contribution in [-0.2, 0) is 19.5 Å². The number of benzene rings is 1. The molecule has 0 aromatic heterocycles. The van der Waals surface area contributed by atoms with Crippen LogP contribution in [0.5, 0.6) is 0 Å². The molecule has 3 saturated heterocycles. The lowest BCUT2D eigenvalue weighted by Crippen LogP contribution is -2.47. The second-order valence-electron chi connectivity index (χ2n) is 7.16. The van der Waals surface area contributed by atoms with Crippen molar-refractivity contribution >= 4 is 33.2 Å². The summed E-state index contributed by atoms with van der Waals surface area (Å²) < 4.78 is 37.3. The molecule has 4 rings (SSSR count). The molecule has 3 aliphatic heterocycles. The third-order valence-corrected chi connectivity index (χ3v) is 7.63. The summed E-state index contributed by atoms with van der Waals surface area (Å²) >= 11 is 6.36. The van der Waals surface area contributed by atoms with Gasteiger partial charge in [0.15, 0.2) is 5.79 Å². The molecule has 0 unspecified atom stereocenters. The van der Waals surface area contributed by atoms with Crippen LogP contribution >= 0.6 is 11.6 Å². The topological polar surface area (TPSA) is 76.2 Å². The molecule has 1 spiro atoms. The van der Waals surface area contributed by atoms with Crippen molar-refractivity contribution in [1.82, 2.24) is 4.90 Å². The highest BCUT2D eigenvalue weighted by molar-refractivity contribution is 7.92. The Labute approximate surface area is 164 Å². The summed E-state index contributed by atoms with van der Waals surface area (Å²) in [5.41, 5.74) is 0.903. The summed E-state index contributed by atoms with van der Waals surface area (Å²) in [4.78, 5) is 14.6. The Morgan fingerprint density at radius 1 is 1.07 bits per heavy atom. The van der Waals surface area contributed by atoms with Gasteiger partial charge in [-0.05, 0) is 31.0 Å². The van der Waals surface area contributed by atoms with E-state index < -0.39 is 15.8 Å². The number of rotatable bonds is 2. The number of amides is 1. The molecule has 3 fully saturated rings. The number of carbonyl (C=O) groups excluding carboxylic acids is 1. The van der Waals surface area contributed by atoms with Gasteiger partial charge in [0.1, 0.15) is 0 Å². The first kappa shape index (κ1) is 19.0. The van der Waals surface area contributed by atoms with Gasteiger partial charge < -0.3 is 14.4 Å². The van der Waals surface area contributed by atoms with Crippen molar-refractivity contribution in [1.29, 1.82) is 0 Å². The number of carbonyl (C=O) groups is 1. The Morgan fingerprint density at radius 2 is 1.78 bits per heavy atom. The van der Waals surface area contributed by atoms with Gasteiger partial charge in [0, 0.05) is 32.5 Å². The molecule has 148 valence electrons. The van der Waals surface area contributed by atoms with Crippen LogP contribution in [0.15, 0.2) is 18.2 Å². The van der Waals surface area contributed by atoms with E-state index in [1.54, 1.807) is 23.1 Å². The molecular weight excluding hydrogens is 392 g/mol. The molecule has 0 radical (unpaired) electrons. The van der Waals surface area contributed by atoms with E-state index in [1.165, 1.54) is 4.31 Å². The van der Waals surface area contributed by atoms with Crippen LogP contribution < -0.4 is 4.31 Å². The van der Waals surface area contributed by atoms with E-state index in [-0.39, 0.29) is 16.7 Å². The fraction of sp³-hybridized carbons (Fsp3) is 0.611. The zero-order chi connectivity index (χ0) is 19.1. The summed E-state index contributed by atoms with van der Waals surface area (Å²) in [6.07, 6.45) is 2.77. The summed E-state index contributed by atoms with van der Waals surface area (Å²) in [6, 6.07) is 4.86. The van der Waals surface area contributed by atoms with Crippen LogP contribution in [0.4, 0.5) is 5.69 Å². The Balaban J connectivity index is 1.48. The summed E-state index contributed by atoms with van der Waals surface area (Å²) in [5.74, 6) is -0.543. The van der Waals surface area contributed by atoms with E-state index in [4.69, 9.17) is 21.1 Å². The Bertz CT molecular complexity index is 828. The van der Waals surface area contributed by atoms with Crippen LogP contribution in [0, 0.1) is 0 Å². The van der Waals surface area contributed by atoms with Crippen molar-refractivity contribution in [2.75, 3.05) is 42.9 Å². The van der Waals surface area contributed by atoms with Crippen molar-refractivity contribution in [3.63, 3.8) is 0 Å². The highest BCUT2D eigenvalue weighted by Crippen LogP contribution is 2.33. The Kier molecular flexibility index (Phi) is 5.09. The lowest BCUT2D eigenvalue weighted by atomic mass is 10.0. The van der Waals surface area contributed by atoms with Gasteiger partial charge in [-0.2, -0.15) is 0 Å². The number of nitrogens with zero attached hydrogens (tertiary/aromatic N) is 2. The first-order chi connectivity index (χ1) is 12.9. The number of likely N-dealkylation sites (tertiary alicyclic amines) is 1. The van der Waals surface area contributed by atoms with Gasteiger partial charge in [-0.15, -0.1) is 0 Å². The second-order valence-corrected chi connectivity index (χ2v) is 9.58. The third kappa shape index (κ3) is 3.68. The molecule has 0 aliphatic carbocycles. The van der Waals surface area contributed by atoms with Crippen molar-refractivity contribution in [3.05, 3.63) is 28.8 Å². The number of sulfonamides is 1. The van der Waals surface area contributed by atoms with Gasteiger partial charge in [-0.25, -0.2) is 8.42 Å². The van der Waals surface area contributed by atoms with Crippen LogP contribution in [-0.4, -0.2) is 63.6 Å². The first-order valence-electron chi connectivity index (χ1n) is 9.27. The molecule has 0 atom stereocenters. The van der Waals surface area contributed by atoms with Crippen LogP contribution in [0.25, 0.3) is 0 Å². The normalized spacial score (nSPS) is 24.3. The minimum Gasteiger partial charge on any atom is -0.347 e. The molecule has 0 bridgehead atoms. The monoisotopic (exact) mass is 414 g/mol. The standard InChI is InChI=1S/C18H23ClN2O5S/c19-16-13-14(21-7-1-2-12-27(21,23)24)3-4-15(16)17(22)20-8-5-18(6-9-20)25-10-11-26-18/h3-4,13H,1-2,5-12H2. The molecule has 9 heteroatoms. The maximum absolute atomic E-state index is 12.9. The molecule has 3 heterocycles. The number of halogens is 1. The maximum atomic E-state index is 12.9. The van der Waals surface area contributed by atoms with E-state index in [9.17, 15) is 13.2 Å². The van der Waals surface area contributed by atoms with Gasteiger partial charge in [0.2, 0.25) is 10.0 Å². The zero-order valence-corrected chi connectivity index (χ0v) is 16.6. The molecule has 0 saturated carbocycles. The molecule has 3 aliphatic rings. The van der Waals surface area contributed by atoms with Gasteiger partial charge in [0.05, 0.1) is 35.2 Å². The highest BCUT2D eigenvalue weighted by Gasteiger charge is 2.41. The summed E-state index contributed by atoms with van der Waals surface area (Å²) in [7, 11) is -3.31. The lowest BCUT2D eigenvalue weighted by molar-refractivity contribution is -0.181. The van der Waals surface area contributed by atoms with Crippen LogP contribution in [0.2, 0.25) is 5.02 Å². The summed E-state index contributed by atoms with van der Waals surface area (Å²) in [6.45, 7) is 2.72. The number of hydrogen-bond donors (Lipinski definition) is 0. The quantitative estimate of drug-likeness (QED) is 0.741. The molecule has 1 aromatic rings. The average Bonchev–Trinajstić information content (AvgIpc) is 3.09. The van der Waals surface area contributed by atoms with E-state index in [0.29, 0.717) is 63.4 Å². The first-order valence-corrected chi connectivity index (χ1v) is 11.3. The number of hydrogen-bond acceptors (Lipinski definition) is 5. The van der Waals surface area contributed by atoms with E-state index >= 15 is 0 Å². The van der Waals surface area contributed by atoms with Gasteiger partial charge in [-0.3, -0.25) is 9.10 Å². The van der Waals surface area contributed by atoms with Gasteiger partial charge in [0.25, 0.3) is 5.91 Å². The van der Waals surface area contributed by atoms with Crippen LogP contribution in [0.1, 0.15) is 36.0 Å². The molecule has 1 amide bonds. The second kappa shape index (κ2) is 7.24. The number of piperidine rings is 1. The van der Waals surface area contributed by atoms with E-state index in [0.717, 1.165) is 6.42 Å². The fourth-order valence-corrected chi connectivity index (χ4v) is 5.80. The Hall–Kier alpha value is -1.35. The fourth-order valence-electron chi connectivity index (χ4n) is 3.92. The van der Waals surface area contributed by atoms with Crippen LogP contribution in [0.3, 0.4) is 0 Å². The van der Waals surface area contributed by atoms with Gasteiger partial charge in [-0.1, -0.05) is 11.6 Å². The minimum atomic E-state index is -3.31. The predicted molar refractivity (Wildman–Crippen MR) is 102 cm³/mol. The largest absolute Gasteiger partial charge is 0.347 e. The molecule has 7 nitrogen and oxygen atoms in total. The highest BCUT2D eigenvalue weighted by atomic mass is 35.5. The summed E-state index contributed by atoms with van der Waals surface area (Å²) in [5, 5.41) is 0.270. The third-order valence-electron chi connectivity index (χ3n) is 5.45. The predicted octanol–water partition coefficient (Wildman–Crippen LogP) is 2.25. The molecule has 0 N–H and O–H groups in total. The Morgan fingerprint density at radius 3 is 2.41 bits per heavy atom. The number of ether oxygens (including phenoxy) is 2. The molecular formula is C18H23ClN2O5S. The van der Waals surface area contributed by atoms with E-state index in [1.807, 2.05) is 0 Å². The van der Waals surface area contributed by atoms with Crippen molar-refractivity contribution in [2.45, 2.75) is 31.5 Å². The zero-order valence-electron chi connectivity index (χ0n) is 15.0. The average molecular weight is 415 g/mol. The lowest BCUT2D eigenvalue weighted by Gasteiger charge is -2.37.